The topological polar surface area (TPSA) is 53.5 Å². The molecule has 0 radical (unpaired) electrons. The Morgan fingerprint density at radius 2 is 2.18 bits per heavy atom. The third kappa shape index (κ3) is 2.49. The number of amides is 2. The van der Waals surface area contributed by atoms with Crippen LogP contribution in [0.1, 0.15) is 39.5 Å². The summed E-state index contributed by atoms with van der Waals surface area (Å²) in [6.07, 6.45) is 6.87. The molecule has 0 unspecified atom stereocenters. The van der Waals surface area contributed by atoms with Gasteiger partial charge in [0.25, 0.3) is 0 Å². The molecule has 1 atom stereocenters. The van der Waals surface area contributed by atoms with Crippen LogP contribution in [0.5, 0.6) is 0 Å². The normalized spacial score (nSPS) is 25.3. The third-order valence-electron chi connectivity index (χ3n) is 4.80. The number of piperidine rings is 1. The number of pyridine rings is 1. The van der Waals surface area contributed by atoms with Gasteiger partial charge in [0, 0.05) is 25.2 Å². The van der Waals surface area contributed by atoms with Crippen LogP contribution in [-0.4, -0.2) is 40.3 Å². The summed E-state index contributed by atoms with van der Waals surface area (Å²) in [5.74, 6) is 0.231. The van der Waals surface area contributed by atoms with Gasteiger partial charge in [-0.2, -0.15) is 0 Å². The lowest BCUT2D eigenvalue weighted by Crippen LogP contribution is -2.57. The molecule has 0 aromatic carbocycles. The van der Waals surface area contributed by atoms with E-state index in [0.29, 0.717) is 13.0 Å². The van der Waals surface area contributed by atoms with Crippen LogP contribution >= 0.6 is 0 Å². The van der Waals surface area contributed by atoms with Gasteiger partial charge in [0.2, 0.25) is 11.8 Å². The van der Waals surface area contributed by atoms with Crippen LogP contribution in [-0.2, 0) is 9.59 Å². The zero-order chi connectivity index (χ0) is 15.7. The van der Waals surface area contributed by atoms with Crippen molar-refractivity contribution < 1.29 is 9.59 Å². The van der Waals surface area contributed by atoms with Crippen molar-refractivity contribution in [2.24, 2.45) is 5.92 Å². The SMILES string of the molecule is CC(C)C(=O)N1CCCC[C@@]12CC(=O)N(c1cccnc1)C2. The highest BCUT2D eigenvalue weighted by Crippen LogP contribution is 2.39. The fourth-order valence-corrected chi connectivity index (χ4v) is 3.66. The van der Waals surface area contributed by atoms with E-state index in [2.05, 4.69) is 4.98 Å². The fraction of sp³-hybridized carbons (Fsp3) is 0.588. The van der Waals surface area contributed by atoms with Crippen molar-refractivity contribution in [3.8, 4) is 0 Å². The molecule has 0 N–H and O–H groups in total. The summed E-state index contributed by atoms with van der Waals surface area (Å²) < 4.78 is 0. The molecule has 0 aliphatic carbocycles. The van der Waals surface area contributed by atoms with Gasteiger partial charge in [0.15, 0.2) is 0 Å². The van der Waals surface area contributed by atoms with Gasteiger partial charge in [-0.05, 0) is 31.4 Å². The second-order valence-corrected chi connectivity index (χ2v) is 6.69. The van der Waals surface area contributed by atoms with Crippen LogP contribution in [0.15, 0.2) is 24.5 Å². The lowest BCUT2D eigenvalue weighted by atomic mass is 9.84. The Kier molecular flexibility index (Phi) is 3.89. The van der Waals surface area contributed by atoms with Crippen LogP contribution in [0, 0.1) is 5.92 Å². The summed E-state index contributed by atoms with van der Waals surface area (Å²) in [4.78, 5) is 33.0. The average molecular weight is 301 g/mol. The van der Waals surface area contributed by atoms with E-state index in [1.165, 1.54) is 0 Å². The Labute approximate surface area is 131 Å². The van der Waals surface area contributed by atoms with Crippen molar-refractivity contribution in [3.63, 3.8) is 0 Å². The Bertz CT molecular complexity index is 573. The summed E-state index contributed by atoms with van der Waals surface area (Å²) >= 11 is 0. The quantitative estimate of drug-likeness (QED) is 0.841. The molecule has 1 aromatic heterocycles. The highest BCUT2D eigenvalue weighted by atomic mass is 16.2. The molecule has 2 amide bonds. The molecular weight excluding hydrogens is 278 g/mol. The molecule has 2 aliphatic rings. The van der Waals surface area contributed by atoms with E-state index < -0.39 is 0 Å². The minimum atomic E-state index is -0.327. The van der Waals surface area contributed by atoms with Crippen LogP contribution in [0.25, 0.3) is 0 Å². The second kappa shape index (κ2) is 5.71. The van der Waals surface area contributed by atoms with Crippen LogP contribution in [0.2, 0.25) is 0 Å². The van der Waals surface area contributed by atoms with Crippen molar-refractivity contribution in [2.75, 3.05) is 18.0 Å². The lowest BCUT2D eigenvalue weighted by molar-refractivity contribution is -0.142. The first-order valence-electron chi connectivity index (χ1n) is 8.05. The first-order chi connectivity index (χ1) is 10.5. The number of hydrogen-bond acceptors (Lipinski definition) is 3. The first kappa shape index (κ1) is 15.0. The summed E-state index contributed by atoms with van der Waals surface area (Å²) in [6, 6.07) is 3.74. The van der Waals surface area contributed by atoms with Crippen molar-refractivity contribution in [3.05, 3.63) is 24.5 Å². The number of hydrogen-bond donors (Lipinski definition) is 0. The maximum Gasteiger partial charge on any atom is 0.229 e. The number of anilines is 1. The number of nitrogens with zero attached hydrogens (tertiary/aromatic N) is 3. The van der Waals surface area contributed by atoms with E-state index in [9.17, 15) is 9.59 Å². The summed E-state index contributed by atoms with van der Waals surface area (Å²) in [7, 11) is 0. The smallest absolute Gasteiger partial charge is 0.229 e. The molecule has 0 bridgehead atoms. The molecule has 0 saturated carbocycles. The van der Waals surface area contributed by atoms with Gasteiger partial charge in [-0.25, -0.2) is 0 Å². The predicted octanol–water partition coefficient (Wildman–Crippen LogP) is 2.23. The molecular formula is C17H23N3O2. The monoisotopic (exact) mass is 301 g/mol. The maximum atomic E-state index is 12.6. The summed E-state index contributed by atoms with van der Waals surface area (Å²) in [5, 5.41) is 0. The highest BCUT2D eigenvalue weighted by Gasteiger charge is 2.50. The van der Waals surface area contributed by atoms with Crippen LogP contribution in [0.4, 0.5) is 5.69 Å². The van der Waals surface area contributed by atoms with E-state index in [1.54, 1.807) is 17.3 Å². The van der Waals surface area contributed by atoms with Crippen molar-refractivity contribution >= 4 is 17.5 Å². The molecule has 3 heterocycles. The molecule has 2 aliphatic heterocycles. The molecule has 1 spiro atoms. The zero-order valence-corrected chi connectivity index (χ0v) is 13.3. The van der Waals surface area contributed by atoms with Crippen molar-refractivity contribution in [1.82, 2.24) is 9.88 Å². The van der Waals surface area contributed by atoms with E-state index in [4.69, 9.17) is 0 Å². The van der Waals surface area contributed by atoms with Gasteiger partial charge in [0.1, 0.15) is 0 Å². The van der Waals surface area contributed by atoms with Crippen LogP contribution < -0.4 is 4.90 Å². The number of carbonyl (C=O) groups is 2. The largest absolute Gasteiger partial charge is 0.334 e. The predicted molar refractivity (Wildman–Crippen MR) is 84.3 cm³/mol. The summed E-state index contributed by atoms with van der Waals surface area (Å²) in [5.41, 5.74) is 0.499. The highest BCUT2D eigenvalue weighted by molar-refractivity contribution is 5.97. The minimum Gasteiger partial charge on any atom is -0.334 e. The second-order valence-electron chi connectivity index (χ2n) is 6.69. The Morgan fingerprint density at radius 3 is 2.86 bits per heavy atom. The Morgan fingerprint density at radius 1 is 1.36 bits per heavy atom. The number of carbonyl (C=O) groups excluding carboxylic acids is 2. The van der Waals surface area contributed by atoms with Gasteiger partial charge in [-0.1, -0.05) is 13.8 Å². The fourth-order valence-electron chi connectivity index (χ4n) is 3.66. The number of rotatable bonds is 2. The average Bonchev–Trinajstić information content (AvgIpc) is 2.85. The molecule has 3 rings (SSSR count). The van der Waals surface area contributed by atoms with Gasteiger partial charge in [0.05, 0.1) is 23.8 Å². The third-order valence-corrected chi connectivity index (χ3v) is 4.80. The molecule has 5 nitrogen and oxygen atoms in total. The number of aromatic nitrogens is 1. The standard InChI is InChI=1S/C17H23N3O2/c1-13(2)16(22)20-9-4-3-7-17(20)10-15(21)19(12-17)14-6-5-8-18-11-14/h5-6,8,11,13H,3-4,7,9-10,12H2,1-2H3/t17-/m0/s1. The Balaban J connectivity index is 1.89. The van der Waals surface area contributed by atoms with Gasteiger partial charge in [-0.15, -0.1) is 0 Å². The molecule has 5 heteroatoms. The van der Waals surface area contributed by atoms with Crippen molar-refractivity contribution in [2.45, 2.75) is 45.1 Å². The number of likely N-dealkylation sites (tertiary alicyclic amines) is 1. The minimum absolute atomic E-state index is 0.0301. The first-order valence-corrected chi connectivity index (χ1v) is 8.05. The van der Waals surface area contributed by atoms with E-state index in [-0.39, 0.29) is 23.3 Å². The molecule has 118 valence electrons. The van der Waals surface area contributed by atoms with Gasteiger partial charge in [-0.3, -0.25) is 14.6 Å². The molecule has 2 saturated heterocycles. The van der Waals surface area contributed by atoms with E-state index in [0.717, 1.165) is 31.5 Å². The van der Waals surface area contributed by atoms with E-state index >= 15 is 0 Å². The Hall–Kier alpha value is -1.91. The summed E-state index contributed by atoms with van der Waals surface area (Å²) in [6.45, 7) is 5.22. The van der Waals surface area contributed by atoms with Gasteiger partial charge >= 0.3 is 0 Å². The lowest BCUT2D eigenvalue weighted by Gasteiger charge is -2.45. The van der Waals surface area contributed by atoms with Gasteiger partial charge < -0.3 is 9.80 Å². The molecule has 2 fully saturated rings. The van der Waals surface area contributed by atoms with E-state index in [1.807, 2.05) is 30.9 Å². The molecule has 1 aromatic rings. The zero-order valence-electron chi connectivity index (χ0n) is 13.3. The maximum absolute atomic E-state index is 12.6. The van der Waals surface area contributed by atoms with Crippen LogP contribution in [0.3, 0.4) is 0 Å². The van der Waals surface area contributed by atoms with Crippen molar-refractivity contribution in [1.29, 1.82) is 0 Å². The molecule has 22 heavy (non-hydrogen) atoms.